The smallest absolute Gasteiger partial charge is 0.251 e. The quantitative estimate of drug-likeness (QED) is 0.528. The van der Waals surface area contributed by atoms with E-state index in [4.69, 9.17) is 0 Å². The summed E-state index contributed by atoms with van der Waals surface area (Å²) in [7, 11) is 1.73. The number of aromatic nitrogens is 1. The third kappa shape index (κ3) is 6.20. The predicted octanol–water partition coefficient (Wildman–Crippen LogP) is 2.48. The van der Waals surface area contributed by atoms with Crippen LogP contribution in [0.15, 0.2) is 53.7 Å². The van der Waals surface area contributed by atoms with Crippen LogP contribution in [0.1, 0.15) is 41.9 Å². The predicted molar refractivity (Wildman–Crippen MR) is 105 cm³/mol. The van der Waals surface area contributed by atoms with Gasteiger partial charge >= 0.3 is 0 Å². The Morgan fingerprint density at radius 3 is 2.65 bits per heavy atom. The van der Waals surface area contributed by atoms with E-state index in [-0.39, 0.29) is 11.9 Å². The molecule has 3 N–H and O–H groups in total. The minimum Gasteiger partial charge on any atom is -0.352 e. The number of pyridine rings is 1. The first-order valence-corrected chi connectivity index (χ1v) is 8.86. The van der Waals surface area contributed by atoms with E-state index in [9.17, 15) is 4.79 Å². The normalized spacial score (nSPS) is 12.3. The molecule has 0 aliphatic carbocycles. The van der Waals surface area contributed by atoms with Gasteiger partial charge in [0.2, 0.25) is 0 Å². The maximum atomic E-state index is 12.2. The van der Waals surface area contributed by atoms with E-state index in [2.05, 4.69) is 32.9 Å². The Kier molecular flexibility index (Phi) is 7.61. The van der Waals surface area contributed by atoms with Crippen LogP contribution in [-0.4, -0.2) is 29.9 Å². The van der Waals surface area contributed by atoms with Crippen molar-refractivity contribution in [2.45, 2.75) is 39.4 Å². The topological polar surface area (TPSA) is 78.4 Å². The van der Waals surface area contributed by atoms with E-state index >= 15 is 0 Å². The number of benzene rings is 1. The molecule has 0 saturated carbocycles. The van der Waals surface area contributed by atoms with Gasteiger partial charge in [0, 0.05) is 31.4 Å². The number of carbonyl (C=O) groups is 1. The van der Waals surface area contributed by atoms with Gasteiger partial charge in [-0.3, -0.25) is 14.8 Å². The van der Waals surface area contributed by atoms with Crippen molar-refractivity contribution in [2.75, 3.05) is 7.05 Å². The van der Waals surface area contributed by atoms with Crippen molar-refractivity contribution in [1.29, 1.82) is 0 Å². The Morgan fingerprint density at radius 2 is 1.96 bits per heavy atom. The van der Waals surface area contributed by atoms with Crippen molar-refractivity contribution < 1.29 is 4.79 Å². The molecule has 0 aliphatic heterocycles. The molecule has 2 rings (SSSR count). The van der Waals surface area contributed by atoms with Gasteiger partial charge in [-0.2, -0.15) is 0 Å². The van der Waals surface area contributed by atoms with E-state index in [0.717, 1.165) is 17.7 Å². The molecule has 1 heterocycles. The molecule has 0 aliphatic rings. The van der Waals surface area contributed by atoms with Crippen LogP contribution in [0.25, 0.3) is 0 Å². The molecule has 0 radical (unpaired) electrons. The molecule has 1 atom stereocenters. The summed E-state index contributed by atoms with van der Waals surface area (Å²) in [4.78, 5) is 20.7. The highest BCUT2D eigenvalue weighted by molar-refractivity contribution is 5.94. The summed E-state index contributed by atoms with van der Waals surface area (Å²) in [6.45, 7) is 5.22. The Bertz CT molecular complexity index is 730. The monoisotopic (exact) mass is 353 g/mol. The highest BCUT2D eigenvalue weighted by atomic mass is 16.1. The summed E-state index contributed by atoms with van der Waals surface area (Å²) in [6, 6.07) is 13.6. The van der Waals surface area contributed by atoms with Crippen LogP contribution < -0.4 is 16.0 Å². The molecule has 0 saturated heterocycles. The fourth-order valence-electron chi connectivity index (χ4n) is 2.32. The number of hydrogen-bond acceptors (Lipinski definition) is 3. The van der Waals surface area contributed by atoms with Crippen LogP contribution in [0.3, 0.4) is 0 Å². The van der Waals surface area contributed by atoms with Gasteiger partial charge < -0.3 is 16.0 Å². The fraction of sp³-hybridized carbons (Fsp3) is 0.350. The molecular weight excluding hydrogens is 326 g/mol. The van der Waals surface area contributed by atoms with E-state index in [1.807, 2.05) is 49.4 Å². The Labute approximate surface area is 155 Å². The van der Waals surface area contributed by atoms with E-state index in [1.165, 1.54) is 0 Å². The van der Waals surface area contributed by atoms with Crippen LogP contribution in [0, 0.1) is 0 Å². The molecule has 6 nitrogen and oxygen atoms in total. The van der Waals surface area contributed by atoms with Crippen molar-refractivity contribution in [1.82, 2.24) is 20.9 Å². The van der Waals surface area contributed by atoms with Crippen molar-refractivity contribution in [3.8, 4) is 0 Å². The number of amides is 1. The first kappa shape index (κ1) is 19.4. The van der Waals surface area contributed by atoms with Gasteiger partial charge in [-0.05, 0) is 43.2 Å². The molecule has 1 amide bonds. The summed E-state index contributed by atoms with van der Waals surface area (Å²) >= 11 is 0. The molecule has 1 unspecified atom stereocenters. The summed E-state index contributed by atoms with van der Waals surface area (Å²) < 4.78 is 0. The second-order valence-electron chi connectivity index (χ2n) is 6.08. The van der Waals surface area contributed by atoms with Gasteiger partial charge in [-0.1, -0.05) is 25.1 Å². The molecule has 1 aromatic heterocycles. The maximum Gasteiger partial charge on any atom is 0.251 e. The molecule has 6 heteroatoms. The van der Waals surface area contributed by atoms with Crippen LogP contribution >= 0.6 is 0 Å². The molecular formula is C20H27N5O. The second-order valence-corrected chi connectivity index (χ2v) is 6.08. The minimum absolute atomic E-state index is 0.0427. The van der Waals surface area contributed by atoms with E-state index < -0.39 is 0 Å². The minimum atomic E-state index is -0.0427. The third-order valence-electron chi connectivity index (χ3n) is 4.03. The van der Waals surface area contributed by atoms with Crippen molar-refractivity contribution in [3.63, 3.8) is 0 Å². The van der Waals surface area contributed by atoms with Gasteiger partial charge in [-0.25, -0.2) is 0 Å². The summed E-state index contributed by atoms with van der Waals surface area (Å²) in [5.74, 6) is 0.643. The molecule has 26 heavy (non-hydrogen) atoms. The molecule has 0 bridgehead atoms. The Hall–Kier alpha value is -2.89. The lowest BCUT2D eigenvalue weighted by Gasteiger charge is -2.13. The zero-order valence-electron chi connectivity index (χ0n) is 15.6. The third-order valence-corrected chi connectivity index (χ3v) is 4.03. The number of rotatable bonds is 7. The summed E-state index contributed by atoms with van der Waals surface area (Å²) in [5.41, 5.74) is 2.63. The summed E-state index contributed by atoms with van der Waals surface area (Å²) in [6.07, 6.45) is 2.67. The standard InChI is InChI=1S/C20H27N5O/c1-4-15(2)25-19(26)17-9-7-8-16(12-17)13-23-20(21-3)24-14-18-10-5-6-11-22-18/h5-12,15H,4,13-14H2,1-3H3,(H,25,26)(H2,21,23,24). The van der Waals surface area contributed by atoms with Crippen LogP contribution in [0.4, 0.5) is 0 Å². The number of hydrogen-bond donors (Lipinski definition) is 3. The number of aliphatic imine (C=N–C) groups is 1. The van der Waals surface area contributed by atoms with Crippen molar-refractivity contribution in [2.24, 2.45) is 4.99 Å². The average molecular weight is 353 g/mol. The van der Waals surface area contributed by atoms with E-state index in [0.29, 0.717) is 24.6 Å². The molecule has 0 spiro atoms. The number of guanidine groups is 1. The average Bonchev–Trinajstić information content (AvgIpc) is 2.69. The highest BCUT2D eigenvalue weighted by Gasteiger charge is 2.09. The number of nitrogens with one attached hydrogen (secondary N) is 3. The molecule has 1 aromatic carbocycles. The maximum absolute atomic E-state index is 12.2. The van der Waals surface area contributed by atoms with Crippen molar-refractivity contribution in [3.05, 3.63) is 65.5 Å². The fourth-order valence-corrected chi connectivity index (χ4v) is 2.32. The van der Waals surface area contributed by atoms with Crippen LogP contribution in [0.5, 0.6) is 0 Å². The zero-order chi connectivity index (χ0) is 18.8. The van der Waals surface area contributed by atoms with Gasteiger partial charge in [0.25, 0.3) is 5.91 Å². The first-order chi connectivity index (χ1) is 12.6. The van der Waals surface area contributed by atoms with Gasteiger partial charge in [0.15, 0.2) is 5.96 Å². The zero-order valence-corrected chi connectivity index (χ0v) is 15.6. The largest absolute Gasteiger partial charge is 0.352 e. The van der Waals surface area contributed by atoms with E-state index in [1.54, 1.807) is 13.2 Å². The first-order valence-electron chi connectivity index (χ1n) is 8.86. The summed E-state index contributed by atoms with van der Waals surface area (Å²) in [5, 5.41) is 9.46. The number of carbonyl (C=O) groups excluding carboxylic acids is 1. The van der Waals surface area contributed by atoms with Crippen LogP contribution in [0.2, 0.25) is 0 Å². The van der Waals surface area contributed by atoms with Crippen LogP contribution in [-0.2, 0) is 13.1 Å². The molecule has 2 aromatic rings. The Morgan fingerprint density at radius 1 is 1.15 bits per heavy atom. The van der Waals surface area contributed by atoms with Gasteiger partial charge in [0.1, 0.15) is 0 Å². The molecule has 138 valence electrons. The molecule has 0 fully saturated rings. The van der Waals surface area contributed by atoms with Crippen molar-refractivity contribution >= 4 is 11.9 Å². The Balaban J connectivity index is 1.89. The van der Waals surface area contributed by atoms with Gasteiger partial charge in [0.05, 0.1) is 12.2 Å². The van der Waals surface area contributed by atoms with Gasteiger partial charge in [-0.15, -0.1) is 0 Å². The lowest BCUT2D eigenvalue weighted by molar-refractivity contribution is 0.0939. The lowest BCUT2D eigenvalue weighted by atomic mass is 10.1. The lowest BCUT2D eigenvalue weighted by Crippen LogP contribution is -2.36. The number of nitrogens with zero attached hydrogens (tertiary/aromatic N) is 2. The second kappa shape index (κ2) is 10.2. The highest BCUT2D eigenvalue weighted by Crippen LogP contribution is 2.06. The SMILES string of the molecule is CCC(C)NC(=O)c1cccc(CNC(=NC)NCc2ccccn2)c1.